The zero-order valence-corrected chi connectivity index (χ0v) is 25.2. The molecule has 3 heterocycles. The monoisotopic (exact) mass is 584 g/mol. The minimum atomic E-state index is -4.11. The van der Waals surface area contributed by atoms with Gasteiger partial charge in [0.15, 0.2) is 5.65 Å². The van der Waals surface area contributed by atoms with Gasteiger partial charge in [0, 0.05) is 34.5 Å². The number of aryl methyl sites for hydroxylation is 3. The Balaban J connectivity index is 1.51. The summed E-state index contributed by atoms with van der Waals surface area (Å²) in [5, 5.41) is 0. The second-order valence-electron chi connectivity index (χ2n) is 10.2. The largest absolute Gasteiger partial charge is 0.308 e. The molecule has 0 atom stereocenters. The van der Waals surface area contributed by atoms with Crippen LogP contribution in [0, 0.1) is 13.8 Å². The van der Waals surface area contributed by atoms with Crippen LogP contribution in [-0.2, 0) is 34.2 Å². The van der Waals surface area contributed by atoms with E-state index in [1.807, 2.05) is 73.7 Å². The number of fused-ring (bicyclic) bond motifs is 1. The van der Waals surface area contributed by atoms with E-state index < -0.39 is 15.9 Å². The Morgan fingerprint density at radius 1 is 1.00 bits per heavy atom. The third-order valence-electron chi connectivity index (χ3n) is 6.85. The van der Waals surface area contributed by atoms with Crippen LogP contribution in [0.1, 0.15) is 46.9 Å². The number of imidazole rings is 1. The van der Waals surface area contributed by atoms with Crippen LogP contribution in [0.2, 0.25) is 0 Å². The van der Waals surface area contributed by atoms with Crippen molar-refractivity contribution in [3.05, 3.63) is 112 Å². The first-order valence-electron chi connectivity index (χ1n) is 13.4. The number of amides is 1. The van der Waals surface area contributed by atoms with Crippen LogP contribution in [0.15, 0.2) is 83.1 Å². The van der Waals surface area contributed by atoms with Gasteiger partial charge < -0.3 is 4.57 Å². The summed E-state index contributed by atoms with van der Waals surface area (Å²) in [6, 6.07) is 21.7. The van der Waals surface area contributed by atoms with Crippen LogP contribution < -0.4 is 4.72 Å². The average Bonchev–Trinajstić information content (AvgIpc) is 3.52. The second-order valence-corrected chi connectivity index (χ2v) is 13.2. The third kappa shape index (κ3) is 6.01. The summed E-state index contributed by atoms with van der Waals surface area (Å²) in [6.45, 7) is 11.8. The molecule has 9 heteroatoms. The lowest BCUT2D eigenvalue weighted by Gasteiger charge is -2.10. The van der Waals surface area contributed by atoms with E-state index >= 15 is 0 Å². The van der Waals surface area contributed by atoms with Crippen LogP contribution in [0.4, 0.5) is 0 Å². The van der Waals surface area contributed by atoms with Gasteiger partial charge in [0.1, 0.15) is 15.6 Å². The summed E-state index contributed by atoms with van der Waals surface area (Å²) >= 11 is 1.17. The zero-order valence-electron chi connectivity index (χ0n) is 23.6. The predicted molar refractivity (Wildman–Crippen MR) is 165 cm³/mol. The minimum Gasteiger partial charge on any atom is -0.308 e. The van der Waals surface area contributed by atoms with Crippen LogP contribution in [0.3, 0.4) is 0 Å². The van der Waals surface area contributed by atoms with E-state index in [0.717, 1.165) is 56.2 Å². The maximum atomic E-state index is 13.4. The summed E-state index contributed by atoms with van der Waals surface area (Å²) in [7, 11) is -4.11. The highest BCUT2D eigenvalue weighted by Crippen LogP contribution is 2.36. The lowest BCUT2D eigenvalue weighted by atomic mass is 10.0. The molecule has 2 aromatic carbocycles. The number of rotatable bonds is 9. The molecule has 0 fully saturated rings. The maximum absolute atomic E-state index is 13.4. The number of nitrogens with one attached hydrogen (secondary N) is 1. The number of carbonyl (C=O) groups is 1. The molecule has 1 N–H and O–H groups in total. The summed E-state index contributed by atoms with van der Waals surface area (Å²) < 4.78 is 31.1. The fraction of sp³-hybridized carbons (Fsp3) is 0.219. The fourth-order valence-electron chi connectivity index (χ4n) is 4.82. The van der Waals surface area contributed by atoms with Crippen LogP contribution in [0.25, 0.3) is 22.3 Å². The normalized spacial score (nSPS) is 11.6. The highest BCUT2D eigenvalue weighted by molar-refractivity contribution is 7.92. The maximum Gasteiger partial charge on any atom is 0.274 e. The number of benzene rings is 2. The molecule has 0 saturated carbocycles. The average molecular weight is 585 g/mol. The quantitative estimate of drug-likeness (QED) is 0.204. The molecule has 0 aliphatic rings. The first-order chi connectivity index (χ1) is 19.6. The molecule has 0 radical (unpaired) electrons. The van der Waals surface area contributed by atoms with E-state index in [1.54, 1.807) is 0 Å². The van der Waals surface area contributed by atoms with Crippen molar-refractivity contribution >= 4 is 38.4 Å². The highest BCUT2D eigenvalue weighted by Gasteiger charge is 2.26. The number of carbonyl (C=O) groups excluding carboxylic acids is 1. The molecule has 210 valence electrons. The van der Waals surface area contributed by atoms with Crippen molar-refractivity contribution in [2.24, 2.45) is 0 Å². The van der Waals surface area contributed by atoms with Crippen LogP contribution in [0.5, 0.6) is 0 Å². The predicted octanol–water partition coefficient (Wildman–Crippen LogP) is 6.36. The first-order valence-corrected chi connectivity index (χ1v) is 15.7. The Morgan fingerprint density at radius 3 is 2.37 bits per heavy atom. The van der Waals surface area contributed by atoms with Gasteiger partial charge in [-0.1, -0.05) is 68.1 Å². The molecule has 41 heavy (non-hydrogen) atoms. The van der Waals surface area contributed by atoms with Gasteiger partial charge in [-0.2, -0.15) is 0 Å². The zero-order chi connectivity index (χ0) is 29.3. The van der Waals surface area contributed by atoms with Gasteiger partial charge in [-0.3, -0.25) is 4.79 Å². The molecule has 0 aliphatic carbocycles. The van der Waals surface area contributed by atoms with Gasteiger partial charge in [-0.05, 0) is 55.2 Å². The molecule has 7 nitrogen and oxygen atoms in total. The van der Waals surface area contributed by atoms with E-state index in [-0.39, 0.29) is 9.78 Å². The summed E-state index contributed by atoms with van der Waals surface area (Å²) in [5.74, 6) is 0.248. The summed E-state index contributed by atoms with van der Waals surface area (Å²) in [5.41, 5.74) is 7.39. The lowest BCUT2D eigenvalue weighted by Crippen LogP contribution is -2.30. The van der Waals surface area contributed by atoms with E-state index in [4.69, 9.17) is 9.97 Å². The Hall–Kier alpha value is -4.08. The van der Waals surface area contributed by atoms with Gasteiger partial charge in [0.2, 0.25) is 0 Å². The second kappa shape index (κ2) is 11.4. The molecule has 0 aliphatic heterocycles. The molecule has 0 spiro atoms. The third-order valence-corrected chi connectivity index (χ3v) is 9.85. The van der Waals surface area contributed by atoms with Crippen LogP contribution >= 0.6 is 11.3 Å². The number of aromatic nitrogens is 3. The van der Waals surface area contributed by atoms with Crippen molar-refractivity contribution in [3.63, 3.8) is 0 Å². The van der Waals surface area contributed by atoms with Crippen molar-refractivity contribution in [1.29, 1.82) is 0 Å². The van der Waals surface area contributed by atoms with Crippen LogP contribution in [-0.4, -0.2) is 28.9 Å². The van der Waals surface area contributed by atoms with Gasteiger partial charge in [-0.25, -0.2) is 23.1 Å². The molecule has 3 aromatic heterocycles. The van der Waals surface area contributed by atoms with Crippen molar-refractivity contribution in [3.8, 4) is 11.1 Å². The standard InChI is InChI=1S/C32H32N4O3S2/c1-6-28-34-29-21(4)16-22(5)33-30(29)36(28)19-24-12-14-25(15-13-24)27-18-26(17-23-10-8-7-9-11-23)40-32(27)41(38,39)35-31(37)20(2)3/h7-16,18H,2,6,17,19H2,1,3-5H3,(H,35,37). The van der Waals surface area contributed by atoms with E-state index in [1.165, 1.54) is 18.3 Å². The minimum absolute atomic E-state index is 0.106. The van der Waals surface area contributed by atoms with Gasteiger partial charge in [-0.15, -0.1) is 11.3 Å². The number of hydrogen-bond donors (Lipinski definition) is 1. The number of hydrogen-bond acceptors (Lipinski definition) is 6. The smallest absolute Gasteiger partial charge is 0.274 e. The molecule has 1 amide bonds. The first kappa shape index (κ1) is 28.4. The Morgan fingerprint density at radius 2 is 1.71 bits per heavy atom. The molecule has 5 rings (SSSR count). The van der Waals surface area contributed by atoms with Crippen molar-refractivity contribution in [2.75, 3.05) is 0 Å². The van der Waals surface area contributed by atoms with E-state index in [9.17, 15) is 13.2 Å². The highest BCUT2D eigenvalue weighted by atomic mass is 32.2. The summed E-state index contributed by atoms with van der Waals surface area (Å²) in [6.07, 6.45) is 1.36. The van der Waals surface area contributed by atoms with Gasteiger partial charge in [0.25, 0.3) is 15.9 Å². The SMILES string of the molecule is C=C(C)C(=O)NS(=O)(=O)c1sc(Cc2ccccc2)cc1-c1ccc(Cn2c(CC)nc3c(C)cc(C)nc32)cc1. The van der Waals surface area contributed by atoms with Crippen molar-refractivity contribution < 1.29 is 13.2 Å². The van der Waals surface area contributed by atoms with Crippen molar-refractivity contribution in [2.45, 2.75) is 51.3 Å². The molecule has 0 bridgehead atoms. The molecular weight excluding hydrogens is 553 g/mol. The summed E-state index contributed by atoms with van der Waals surface area (Å²) in [4.78, 5) is 22.8. The Kier molecular flexibility index (Phi) is 7.93. The topological polar surface area (TPSA) is 94.0 Å². The number of sulfonamides is 1. The molecule has 0 unspecified atom stereocenters. The molecule has 5 aromatic rings. The van der Waals surface area contributed by atoms with Gasteiger partial charge in [0.05, 0.1) is 6.54 Å². The Bertz CT molecular complexity index is 1870. The number of nitrogens with zero attached hydrogens (tertiary/aromatic N) is 3. The van der Waals surface area contributed by atoms with Gasteiger partial charge >= 0.3 is 0 Å². The molecular formula is C32H32N4O3S2. The lowest BCUT2D eigenvalue weighted by molar-refractivity contribution is -0.115. The Labute approximate surface area is 244 Å². The van der Waals surface area contributed by atoms with Crippen molar-refractivity contribution in [1.82, 2.24) is 19.3 Å². The van der Waals surface area contributed by atoms with E-state index in [2.05, 4.69) is 29.7 Å². The fourth-order valence-corrected chi connectivity index (χ4v) is 7.62. The van der Waals surface area contributed by atoms with E-state index in [0.29, 0.717) is 18.5 Å². The molecule has 0 saturated heterocycles. The number of thiophene rings is 1. The number of pyridine rings is 1.